The van der Waals surface area contributed by atoms with Crippen LogP contribution in [0.4, 0.5) is 5.69 Å². The lowest BCUT2D eigenvalue weighted by Gasteiger charge is -2.32. The third-order valence-corrected chi connectivity index (χ3v) is 4.17. The minimum atomic E-state index is -0.541. The van der Waals surface area contributed by atoms with E-state index in [4.69, 9.17) is 20.9 Å². The highest BCUT2D eigenvalue weighted by molar-refractivity contribution is 6.65. The number of benzene rings is 1. The predicted octanol–water partition coefficient (Wildman–Crippen LogP) is 2.60. The van der Waals surface area contributed by atoms with Crippen LogP contribution in [0.2, 0.25) is 5.02 Å². The average molecular weight is 296 g/mol. The lowest BCUT2D eigenvalue weighted by molar-refractivity contribution is -0.114. The fourth-order valence-electron chi connectivity index (χ4n) is 1.98. The molecule has 1 aromatic carbocycles. The van der Waals surface area contributed by atoms with Crippen LogP contribution in [0.1, 0.15) is 34.6 Å². The van der Waals surface area contributed by atoms with Crippen molar-refractivity contribution in [2.45, 2.75) is 45.8 Å². The van der Waals surface area contributed by atoms with Crippen LogP contribution >= 0.6 is 11.6 Å². The highest BCUT2D eigenvalue weighted by Crippen LogP contribution is 2.37. The molecule has 0 unspecified atom stereocenters. The van der Waals surface area contributed by atoms with E-state index in [1.54, 1.807) is 18.2 Å². The maximum Gasteiger partial charge on any atom is 0.496 e. The standard InChI is InChI=1S/C14H19BClNO3/c1-9(18)17-10-6-7-12(16)11(8-10)15-19-13(2,3)14(4,5)20-15/h6-8H,1-5H3,(H,17,18). The molecule has 0 atom stereocenters. The summed E-state index contributed by atoms with van der Waals surface area (Å²) in [5.41, 5.74) is 0.541. The van der Waals surface area contributed by atoms with E-state index in [2.05, 4.69) is 5.32 Å². The molecule has 0 saturated carbocycles. The molecule has 0 bridgehead atoms. The Bertz CT molecular complexity index is 529. The van der Waals surface area contributed by atoms with Crippen molar-refractivity contribution in [1.82, 2.24) is 0 Å². The molecule has 1 heterocycles. The smallest absolute Gasteiger partial charge is 0.399 e. The fraction of sp³-hybridized carbons (Fsp3) is 0.500. The Kier molecular flexibility index (Phi) is 3.89. The molecule has 4 nitrogen and oxygen atoms in total. The summed E-state index contributed by atoms with van der Waals surface area (Å²) in [6.07, 6.45) is 0. The Morgan fingerprint density at radius 3 is 2.25 bits per heavy atom. The lowest BCUT2D eigenvalue weighted by Crippen LogP contribution is -2.41. The van der Waals surface area contributed by atoms with Crippen molar-refractivity contribution in [2.75, 3.05) is 5.32 Å². The summed E-state index contributed by atoms with van der Waals surface area (Å²) in [5, 5.41) is 3.28. The van der Waals surface area contributed by atoms with E-state index < -0.39 is 18.3 Å². The van der Waals surface area contributed by atoms with Gasteiger partial charge in [-0.1, -0.05) is 11.6 Å². The third-order valence-electron chi connectivity index (χ3n) is 3.82. The largest absolute Gasteiger partial charge is 0.496 e. The number of halogens is 1. The molecule has 6 heteroatoms. The number of hydrogen-bond acceptors (Lipinski definition) is 3. The molecule has 1 aromatic rings. The van der Waals surface area contributed by atoms with E-state index >= 15 is 0 Å². The van der Waals surface area contributed by atoms with Gasteiger partial charge in [0.05, 0.1) is 11.2 Å². The van der Waals surface area contributed by atoms with E-state index in [9.17, 15) is 4.79 Å². The van der Waals surface area contributed by atoms with Crippen LogP contribution in [-0.4, -0.2) is 24.2 Å². The molecule has 1 aliphatic rings. The maximum atomic E-state index is 11.1. The van der Waals surface area contributed by atoms with Gasteiger partial charge >= 0.3 is 7.12 Å². The van der Waals surface area contributed by atoms with E-state index in [-0.39, 0.29) is 5.91 Å². The summed E-state index contributed by atoms with van der Waals surface area (Å²) in [5.74, 6) is -0.132. The second-order valence-corrected chi connectivity index (χ2v) is 6.41. The first-order valence-corrected chi connectivity index (χ1v) is 6.93. The van der Waals surface area contributed by atoms with E-state index in [1.807, 2.05) is 27.7 Å². The van der Waals surface area contributed by atoms with Crippen molar-refractivity contribution in [3.8, 4) is 0 Å². The summed E-state index contributed by atoms with van der Waals surface area (Å²) >= 11 is 6.23. The maximum absolute atomic E-state index is 11.1. The summed E-state index contributed by atoms with van der Waals surface area (Å²) < 4.78 is 11.9. The van der Waals surface area contributed by atoms with Crippen LogP contribution < -0.4 is 10.8 Å². The number of rotatable bonds is 2. The molecule has 2 rings (SSSR count). The topological polar surface area (TPSA) is 47.6 Å². The first-order chi connectivity index (χ1) is 9.12. The number of amides is 1. The van der Waals surface area contributed by atoms with Gasteiger partial charge in [-0.3, -0.25) is 4.79 Å². The highest BCUT2D eigenvalue weighted by Gasteiger charge is 2.52. The van der Waals surface area contributed by atoms with Gasteiger partial charge in [-0.2, -0.15) is 0 Å². The van der Waals surface area contributed by atoms with Gasteiger partial charge in [-0.15, -0.1) is 0 Å². The molecular weight excluding hydrogens is 276 g/mol. The molecule has 1 N–H and O–H groups in total. The molecule has 1 aliphatic heterocycles. The summed E-state index contributed by atoms with van der Waals surface area (Å²) in [6.45, 7) is 9.40. The molecule has 0 radical (unpaired) electrons. The first kappa shape index (κ1) is 15.4. The van der Waals surface area contributed by atoms with Crippen LogP contribution in [0, 0.1) is 0 Å². The Morgan fingerprint density at radius 2 is 1.75 bits per heavy atom. The SMILES string of the molecule is CC(=O)Nc1ccc(Cl)c(B2OC(C)(C)C(C)(C)O2)c1. The van der Waals surface area contributed by atoms with Crippen LogP contribution in [-0.2, 0) is 14.1 Å². The summed E-state index contributed by atoms with van der Waals surface area (Å²) in [6, 6.07) is 5.26. The van der Waals surface area contributed by atoms with Crippen molar-refractivity contribution < 1.29 is 14.1 Å². The second kappa shape index (κ2) is 5.06. The molecule has 0 aromatic heterocycles. The summed E-state index contributed by atoms with van der Waals surface area (Å²) in [4.78, 5) is 11.1. The normalized spacial score (nSPS) is 20.0. The molecule has 108 valence electrons. The van der Waals surface area contributed by atoms with Gasteiger partial charge in [0.1, 0.15) is 0 Å². The van der Waals surface area contributed by atoms with Gasteiger partial charge < -0.3 is 14.6 Å². The second-order valence-electron chi connectivity index (χ2n) is 6.01. The van der Waals surface area contributed by atoms with Gasteiger partial charge in [0.15, 0.2) is 0 Å². The quantitative estimate of drug-likeness (QED) is 0.853. The Morgan fingerprint density at radius 1 is 1.20 bits per heavy atom. The molecule has 20 heavy (non-hydrogen) atoms. The number of hydrogen-bond donors (Lipinski definition) is 1. The van der Waals surface area contributed by atoms with Crippen LogP contribution in [0.5, 0.6) is 0 Å². The lowest BCUT2D eigenvalue weighted by atomic mass is 9.79. The van der Waals surface area contributed by atoms with Crippen molar-refractivity contribution in [2.24, 2.45) is 0 Å². The molecular formula is C14H19BClNO3. The number of carbonyl (C=O) groups excluding carboxylic acids is 1. The average Bonchev–Trinajstić information content (AvgIpc) is 2.50. The number of nitrogens with one attached hydrogen (secondary N) is 1. The highest BCUT2D eigenvalue weighted by atomic mass is 35.5. The first-order valence-electron chi connectivity index (χ1n) is 6.55. The number of anilines is 1. The minimum absolute atomic E-state index is 0.132. The van der Waals surface area contributed by atoms with Gasteiger partial charge in [-0.25, -0.2) is 0 Å². The van der Waals surface area contributed by atoms with Crippen molar-refractivity contribution >= 4 is 35.8 Å². The van der Waals surface area contributed by atoms with Crippen molar-refractivity contribution in [1.29, 1.82) is 0 Å². The summed E-state index contributed by atoms with van der Waals surface area (Å²) in [7, 11) is -0.541. The Labute approximate surface area is 124 Å². The van der Waals surface area contributed by atoms with Gasteiger partial charge in [-0.05, 0) is 45.9 Å². The Hall–Kier alpha value is -1.04. The molecule has 0 spiro atoms. The zero-order valence-electron chi connectivity index (χ0n) is 12.4. The zero-order chi connectivity index (χ0) is 15.1. The monoisotopic (exact) mass is 295 g/mol. The number of carbonyl (C=O) groups is 1. The zero-order valence-corrected chi connectivity index (χ0v) is 13.2. The van der Waals surface area contributed by atoms with E-state index in [0.29, 0.717) is 10.7 Å². The van der Waals surface area contributed by atoms with Crippen LogP contribution in [0.3, 0.4) is 0 Å². The minimum Gasteiger partial charge on any atom is -0.399 e. The van der Waals surface area contributed by atoms with Crippen molar-refractivity contribution in [3.63, 3.8) is 0 Å². The van der Waals surface area contributed by atoms with E-state index in [1.165, 1.54) is 6.92 Å². The Balaban J connectivity index is 2.32. The third kappa shape index (κ3) is 2.85. The fourth-order valence-corrected chi connectivity index (χ4v) is 2.18. The van der Waals surface area contributed by atoms with Gasteiger partial charge in [0.25, 0.3) is 0 Å². The van der Waals surface area contributed by atoms with Crippen molar-refractivity contribution in [3.05, 3.63) is 23.2 Å². The van der Waals surface area contributed by atoms with Gasteiger partial charge in [0.2, 0.25) is 5.91 Å². The van der Waals surface area contributed by atoms with Crippen LogP contribution in [0.15, 0.2) is 18.2 Å². The molecule has 1 saturated heterocycles. The van der Waals surface area contributed by atoms with Gasteiger partial charge in [0, 0.05) is 23.1 Å². The van der Waals surface area contributed by atoms with E-state index in [0.717, 1.165) is 5.46 Å². The molecule has 1 fully saturated rings. The molecule has 1 amide bonds. The van der Waals surface area contributed by atoms with Crippen LogP contribution in [0.25, 0.3) is 0 Å². The molecule has 0 aliphatic carbocycles. The predicted molar refractivity (Wildman–Crippen MR) is 81.5 cm³/mol.